The van der Waals surface area contributed by atoms with E-state index in [4.69, 9.17) is 9.47 Å². The summed E-state index contributed by atoms with van der Waals surface area (Å²) in [6.07, 6.45) is 6.32. The van der Waals surface area contributed by atoms with Gasteiger partial charge in [0.25, 0.3) is 5.91 Å². The molecule has 0 fully saturated rings. The Morgan fingerprint density at radius 1 is 0.879 bits per heavy atom. The lowest BCUT2D eigenvalue weighted by molar-refractivity contribution is -0.139. The Morgan fingerprint density at radius 3 is 2.24 bits per heavy atom. The van der Waals surface area contributed by atoms with Crippen molar-refractivity contribution >= 4 is 29.2 Å². The highest BCUT2D eigenvalue weighted by Gasteiger charge is 2.29. The summed E-state index contributed by atoms with van der Waals surface area (Å²) in [7, 11) is 2.45. The van der Waals surface area contributed by atoms with Gasteiger partial charge in [-0.2, -0.15) is 0 Å². The van der Waals surface area contributed by atoms with Gasteiger partial charge in [0, 0.05) is 11.9 Å². The van der Waals surface area contributed by atoms with Crippen molar-refractivity contribution in [2.75, 3.05) is 24.4 Å². The van der Waals surface area contributed by atoms with Crippen molar-refractivity contribution in [1.82, 2.24) is 0 Å². The summed E-state index contributed by atoms with van der Waals surface area (Å²) in [4.78, 5) is 40.0. The molecule has 0 atom stereocenters. The molecule has 0 spiro atoms. The number of carbonyl (C=O) groups excluding carboxylic acids is 3. The molecule has 0 saturated carbocycles. The molecule has 170 valence electrons. The zero-order valence-electron chi connectivity index (χ0n) is 19.0. The van der Waals surface area contributed by atoms with Gasteiger partial charge in [-0.1, -0.05) is 50.3 Å². The van der Waals surface area contributed by atoms with Gasteiger partial charge in [-0.3, -0.25) is 4.79 Å². The maximum absolute atomic E-state index is 13.4. The van der Waals surface area contributed by atoms with Gasteiger partial charge in [0.2, 0.25) is 0 Å². The van der Waals surface area contributed by atoms with Crippen LogP contribution in [-0.4, -0.2) is 32.1 Å². The maximum atomic E-state index is 13.4. The van der Waals surface area contributed by atoms with Gasteiger partial charge in [-0.05, 0) is 41.8 Å². The van der Waals surface area contributed by atoms with Crippen LogP contribution in [0.5, 0.6) is 0 Å². The Bertz CT molecular complexity index is 1160. The van der Waals surface area contributed by atoms with Gasteiger partial charge < -0.3 is 19.7 Å². The number of para-hydroxylation sites is 2. The summed E-state index contributed by atoms with van der Waals surface area (Å²) in [6.45, 7) is 4.10. The van der Waals surface area contributed by atoms with Crippen LogP contribution in [0.2, 0.25) is 0 Å². The molecule has 33 heavy (non-hydrogen) atoms. The lowest BCUT2D eigenvalue weighted by atomic mass is 10.0. The first-order chi connectivity index (χ1) is 15.9. The predicted molar refractivity (Wildman–Crippen MR) is 127 cm³/mol. The molecule has 7 heteroatoms. The average molecular weight is 447 g/mol. The van der Waals surface area contributed by atoms with Gasteiger partial charge >= 0.3 is 11.9 Å². The molecule has 1 amide bonds. The van der Waals surface area contributed by atoms with E-state index < -0.39 is 11.9 Å². The number of carbonyl (C=O) groups is 3. The van der Waals surface area contributed by atoms with Crippen molar-refractivity contribution in [2.24, 2.45) is 0 Å². The first kappa shape index (κ1) is 23.5. The topological polar surface area (TPSA) is 84.9 Å². The van der Waals surface area contributed by atoms with E-state index >= 15 is 0 Å². The second-order valence-electron chi connectivity index (χ2n) is 7.53. The van der Waals surface area contributed by atoms with Crippen LogP contribution in [0.15, 0.2) is 84.2 Å². The van der Waals surface area contributed by atoms with E-state index in [1.54, 1.807) is 42.6 Å². The molecular weight excluding hydrogens is 420 g/mol. The lowest BCUT2D eigenvalue weighted by Gasteiger charge is -2.25. The molecule has 0 unspecified atom stereocenters. The van der Waals surface area contributed by atoms with Crippen molar-refractivity contribution < 1.29 is 23.9 Å². The minimum Gasteiger partial charge on any atom is -0.465 e. The van der Waals surface area contributed by atoms with Crippen LogP contribution in [0.3, 0.4) is 0 Å². The van der Waals surface area contributed by atoms with Crippen molar-refractivity contribution in [3.8, 4) is 0 Å². The van der Waals surface area contributed by atoms with E-state index in [1.807, 2.05) is 24.3 Å². The molecule has 3 rings (SSSR count). The standard InChI is InChI=1S/C26H26N2O5/c1-17(2)18-11-5-7-14-21(18)27-24(29)19-12-6-8-15-22(19)28-16-10-9-13-20(25(30)32-3)23(28)26(31)33-4/h5-17H,1-4H3,(H,27,29). The summed E-state index contributed by atoms with van der Waals surface area (Å²) in [5.41, 5.74) is 2.38. The smallest absolute Gasteiger partial charge is 0.355 e. The van der Waals surface area contributed by atoms with E-state index in [0.717, 1.165) is 5.56 Å². The van der Waals surface area contributed by atoms with Crippen LogP contribution in [0.25, 0.3) is 0 Å². The number of methoxy groups -OCH3 is 2. The van der Waals surface area contributed by atoms with Crippen LogP contribution < -0.4 is 10.2 Å². The second-order valence-corrected chi connectivity index (χ2v) is 7.53. The fourth-order valence-corrected chi connectivity index (χ4v) is 3.53. The number of ether oxygens (including phenoxy) is 2. The largest absolute Gasteiger partial charge is 0.465 e. The second kappa shape index (κ2) is 10.5. The number of allylic oxidation sites excluding steroid dienone is 2. The third-order valence-corrected chi connectivity index (χ3v) is 5.13. The minimum atomic E-state index is -0.744. The molecule has 0 radical (unpaired) electrons. The summed E-state index contributed by atoms with van der Waals surface area (Å²) in [5.74, 6) is -1.58. The van der Waals surface area contributed by atoms with Crippen molar-refractivity contribution in [3.63, 3.8) is 0 Å². The number of amides is 1. The zero-order valence-corrected chi connectivity index (χ0v) is 19.0. The van der Waals surface area contributed by atoms with Gasteiger partial charge in [-0.15, -0.1) is 0 Å². The maximum Gasteiger partial charge on any atom is 0.355 e. The van der Waals surface area contributed by atoms with Crippen molar-refractivity contribution in [2.45, 2.75) is 19.8 Å². The molecule has 1 N–H and O–H groups in total. The number of hydrogen-bond acceptors (Lipinski definition) is 6. The first-order valence-corrected chi connectivity index (χ1v) is 10.4. The molecule has 0 aliphatic carbocycles. The monoisotopic (exact) mass is 446 g/mol. The number of esters is 2. The Hall–Kier alpha value is -4.13. The van der Waals surface area contributed by atoms with Crippen LogP contribution >= 0.6 is 0 Å². The Balaban J connectivity index is 2.10. The van der Waals surface area contributed by atoms with Gasteiger partial charge in [0.15, 0.2) is 0 Å². The third-order valence-electron chi connectivity index (χ3n) is 5.13. The van der Waals surface area contributed by atoms with Crippen molar-refractivity contribution in [1.29, 1.82) is 0 Å². The highest BCUT2D eigenvalue weighted by atomic mass is 16.5. The highest BCUT2D eigenvalue weighted by molar-refractivity contribution is 6.11. The Kier molecular flexibility index (Phi) is 7.46. The minimum absolute atomic E-state index is 0.00900. The van der Waals surface area contributed by atoms with Crippen LogP contribution in [0.4, 0.5) is 11.4 Å². The first-order valence-electron chi connectivity index (χ1n) is 10.4. The Morgan fingerprint density at radius 2 is 1.55 bits per heavy atom. The fraction of sp³-hybridized carbons (Fsp3) is 0.192. The van der Waals surface area contributed by atoms with E-state index in [9.17, 15) is 14.4 Å². The number of rotatable bonds is 6. The Labute approximate surface area is 193 Å². The van der Waals surface area contributed by atoms with Crippen molar-refractivity contribution in [3.05, 3.63) is 95.4 Å². The van der Waals surface area contributed by atoms with Gasteiger partial charge in [-0.25, -0.2) is 9.59 Å². The third kappa shape index (κ3) is 5.03. The number of benzene rings is 2. The molecule has 0 saturated heterocycles. The van der Waals surface area contributed by atoms with Gasteiger partial charge in [0.05, 0.1) is 31.0 Å². The molecule has 1 aliphatic rings. The SMILES string of the molecule is COC(=O)C1=C(C(=O)OC)N(c2ccccc2C(=O)Nc2ccccc2C(C)C)C=CC=C1. The van der Waals surface area contributed by atoms with Gasteiger partial charge in [0.1, 0.15) is 5.70 Å². The number of nitrogens with one attached hydrogen (secondary N) is 1. The quantitative estimate of drug-likeness (QED) is 0.655. The summed E-state index contributed by atoms with van der Waals surface area (Å²) >= 11 is 0. The normalized spacial score (nSPS) is 13.1. The molecular formula is C26H26N2O5. The van der Waals surface area contributed by atoms with Crippen LogP contribution in [-0.2, 0) is 19.1 Å². The number of anilines is 2. The molecule has 0 aromatic heterocycles. The van der Waals surface area contributed by atoms with E-state index in [-0.39, 0.29) is 23.1 Å². The zero-order chi connectivity index (χ0) is 24.0. The fourth-order valence-electron chi connectivity index (χ4n) is 3.53. The summed E-state index contributed by atoms with van der Waals surface area (Å²) in [6, 6.07) is 14.4. The van der Waals surface area contributed by atoms with Crippen LogP contribution in [0.1, 0.15) is 35.7 Å². The molecule has 1 heterocycles. The molecule has 7 nitrogen and oxygen atoms in total. The number of nitrogens with zero attached hydrogens (tertiary/aromatic N) is 1. The highest BCUT2D eigenvalue weighted by Crippen LogP contribution is 2.31. The average Bonchev–Trinajstić information content (AvgIpc) is 3.06. The summed E-state index contributed by atoms with van der Waals surface area (Å²) < 4.78 is 9.80. The summed E-state index contributed by atoms with van der Waals surface area (Å²) in [5, 5.41) is 2.98. The van der Waals surface area contributed by atoms with E-state index in [1.165, 1.54) is 25.2 Å². The number of hydrogen-bond donors (Lipinski definition) is 1. The molecule has 1 aliphatic heterocycles. The lowest BCUT2D eigenvalue weighted by Crippen LogP contribution is -2.28. The molecule has 0 bridgehead atoms. The van der Waals surface area contributed by atoms with Crippen LogP contribution in [0, 0.1) is 0 Å². The molecule has 2 aromatic rings. The van der Waals surface area contributed by atoms with E-state index in [0.29, 0.717) is 16.9 Å². The predicted octanol–water partition coefficient (Wildman–Crippen LogP) is 4.55. The van der Waals surface area contributed by atoms with E-state index in [2.05, 4.69) is 19.2 Å². The molecule has 2 aromatic carbocycles.